The van der Waals surface area contributed by atoms with Gasteiger partial charge in [-0.1, -0.05) is 146 Å². The number of fused-ring (bicyclic) bond motifs is 7. The van der Waals surface area contributed by atoms with Crippen LogP contribution in [0.2, 0.25) is 0 Å². The Balaban J connectivity index is 1.03. The molecular formula is C47H29NO. The van der Waals surface area contributed by atoms with Crippen molar-refractivity contribution in [2.24, 2.45) is 0 Å². The molecule has 10 aromatic rings. The van der Waals surface area contributed by atoms with Crippen molar-refractivity contribution in [3.8, 4) is 44.6 Å². The Bertz CT molecular complexity index is 2790. The van der Waals surface area contributed by atoms with E-state index in [0.29, 0.717) is 0 Å². The summed E-state index contributed by atoms with van der Waals surface area (Å²) in [5, 5.41) is 9.71. The minimum atomic E-state index is 0.909. The predicted octanol–water partition coefficient (Wildman–Crippen LogP) is 13.1. The zero-order valence-electron chi connectivity index (χ0n) is 26.6. The van der Waals surface area contributed by atoms with Gasteiger partial charge >= 0.3 is 0 Å². The van der Waals surface area contributed by atoms with Gasteiger partial charge in [0.2, 0.25) is 0 Å². The van der Waals surface area contributed by atoms with E-state index in [-0.39, 0.29) is 0 Å². The van der Waals surface area contributed by atoms with E-state index >= 15 is 0 Å². The summed E-state index contributed by atoms with van der Waals surface area (Å²) in [5.41, 5.74) is 11.0. The van der Waals surface area contributed by atoms with Crippen LogP contribution in [0.5, 0.6) is 0 Å². The molecule has 2 heterocycles. The third-order valence-electron chi connectivity index (χ3n) is 9.92. The fourth-order valence-corrected chi connectivity index (χ4v) is 7.63. The number of furan rings is 1. The van der Waals surface area contributed by atoms with E-state index in [4.69, 9.17) is 9.40 Å². The molecule has 8 aromatic carbocycles. The molecule has 2 heteroatoms. The van der Waals surface area contributed by atoms with Crippen LogP contribution in [0.3, 0.4) is 0 Å². The molecule has 0 spiro atoms. The third kappa shape index (κ3) is 4.46. The number of hydrogen-bond acceptors (Lipinski definition) is 2. The standard InChI is InChI=1S/C47H29NO/c1-2-11-33(12-3-1)45-37-14-6-8-16-39(37)46(40-17-9-7-15-38(40)45)35-22-25-42(48-29-35)32-20-18-30(19-21-32)34-24-26-43-41(28-34)47-36-13-5-4-10-31(36)23-27-44(47)49-43/h1-29H. The van der Waals surface area contributed by atoms with E-state index in [2.05, 4.69) is 170 Å². The molecule has 10 rings (SSSR count). The highest BCUT2D eigenvalue weighted by molar-refractivity contribution is 6.21. The highest BCUT2D eigenvalue weighted by atomic mass is 16.3. The van der Waals surface area contributed by atoms with E-state index < -0.39 is 0 Å². The van der Waals surface area contributed by atoms with Crippen LogP contribution >= 0.6 is 0 Å². The Kier molecular flexibility index (Phi) is 6.22. The highest BCUT2D eigenvalue weighted by Gasteiger charge is 2.17. The van der Waals surface area contributed by atoms with E-state index in [1.54, 1.807) is 0 Å². The van der Waals surface area contributed by atoms with Crippen LogP contribution in [0, 0.1) is 0 Å². The number of benzene rings is 8. The molecule has 0 atom stereocenters. The normalized spacial score (nSPS) is 11.7. The van der Waals surface area contributed by atoms with Gasteiger partial charge in [0.1, 0.15) is 11.2 Å². The first-order valence-electron chi connectivity index (χ1n) is 16.7. The second-order valence-corrected chi connectivity index (χ2v) is 12.7. The molecule has 0 amide bonds. The lowest BCUT2D eigenvalue weighted by Crippen LogP contribution is -1.92. The number of aromatic nitrogens is 1. The quantitative estimate of drug-likeness (QED) is 0.182. The first-order valence-corrected chi connectivity index (χ1v) is 16.7. The molecule has 0 aliphatic rings. The number of nitrogens with zero attached hydrogens (tertiary/aromatic N) is 1. The molecule has 0 fully saturated rings. The van der Waals surface area contributed by atoms with Crippen molar-refractivity contribution in [1.29, 1.82) is 0 Å². The van der Waals surface area contributed by atoms with Gasteiger partial charge in [0.25, 0.3) is 0 Å². The summed E-state index contributed by atoms with van der Waals surface area (Å²) in [5.74, 6) is 0. The molecule has 0 saturated carbocycles. The van der Waals surface area contributed by atoms with Crippen LogP contribution in [-0.2, 0) is 0 Å². The molecule has 0 saturated heterocycles. The van der Waals surface area contributed by atoms with Gasteiger partial charge in [0.15, 0.2) is 0 Å². The van der Waals surface area contributed by atoms with Crippen molar-refractivity contribution in [2.75, 3.05) is 0 Å². The van der Waals surface area contributed by atoms with Crippen molar-refractivity contribution >= 4 is 54.3 Å². The van der Waals surface area contributed by atoms with Gasteiger partial charge in [0, 0.05) is 28.1 Å². The van der Waals surface area contributed by atoms with Gasteiger partial charge < -0.3 is 4.42 Å². The Morgan fingerprint density at radius 1 is 0.347 bits per heavy atom. The van der Waals surface area contributed by atoms with Crippen molar-refractivity contribution in [3.05, 3.63) is 176 Å². The van der Waals surface area contributed by atoms with Crippen LogP contribution in [0.1, 0.15) is 0 Å². The Morgan fingerprint density at radius 2 is 0.898 bits per heavy atom. The smallest absolute Gasteiger partial charge is 0.136 e. The largest absolute Gasteiger partial charge is 0.456 e. The molecular weight excluding hydrogens is 595 g/mol. The first kappa shape index (κ1) is 27.6. The van der Waals surface area contributed by atoms with Gasteiger partial charge in [-0.05, 0) is 84.4 Å². The van der Waals surface area contributed by atoms with Crippen LogP contribution in [0.15, 0.2) is 180 Å². The SMILES string of the molecule is c1ccc(-c2c3ccccc3c(-c3ccc(-c4ccc(-c5ccc6oc7ccc8ccccc8c7c6c5)cc4)nc3)c3ccccc23)cc1. The lowest BCUT2D eigenvalue weighted by Gasteiger charge is -2.17. The number of rotatable bonds is 4. The summed E-state index contributed by atoms with van der Waals surface area (Å²) in [6, 6.07) is 60.5. The van der Waals surface area contributed by atoms with Gasteiger partial charge in [-0.15, -0.1) is 0 Å². The second kappa shape index (κ2) is 11.0. The molecule has 0 aliphatic carbocycles. The summed E-state index contributed by atoms with van der Waals surface area (Å²) in [7, 11) is 0. The average molecular weight is 624 g/mol. The van der Waals surface area contributed by atoms with Crippen LogP contribution in [0.4, 0.5) is 0 Å². The van der Waals surface area contributed by atoms with Gasteiger partial charge in [0.05, 0.1) is 5.69 Å². The summed E-state index contributed by atoms with van der Waals surface area (Å²) < 4.78 is 6.23. The maximum absolute atomic E-state index is 6.23. The van der Waals surface area contributed by atoms with E-state index in [9.17, 15) is 0 Å². The Morgan fingerprint density at radius 3 is 1.57 bits per heavy atom. The molecule has 228 valence electrons. The number of pyridine rings is 1. The molecule has 49 heavy (non-hydrogen) atoms. The third-order valence-corrected chi connectivity index (χ3v) is 9.92. The summed E-state index contributed by atoms with van der Waals surface area (Å²) in [6.45, 7) is 0. The molecule has 0 unspecified atom stereocenters. The summed E-state index contributed by atoms with van der Waals surface area (Å²) in [6.07, 6.45) is 2.03. The molecule has 0 N–H and O–H groups in total. The number of hydrogen-bond donors (Lipinski definition) is 0. The highest BCUT2D eigenvalue weighted by Crippen LogP contribution is 2.44. The molecule has 0 aliphatic heterocycles. The van der Waals surface area contributed by atoms with Crippen molar-refractivity contribution in [1.82, 2.24) is 4.98 Å². The van der Waals surface area contributed by atoms with Gasteiger partial charge in [-0.25, -0.2) is 0 Å². The predicted molar refractivity (Wildman–Crippen MR) is 206 cm³/mol. The molecule has 0 radical (unpaired) electrons. The van der Waals surface area contributed by atoms with Crippen LogP contribution in [0.25, 0.3) is 98.9 Å². The maximum atomic E-state index is 6.23. The van der Waals surface area contributed by atoms with E-state index in [1.165, 1.54) is 54.4 Å². The first-order chi connectivity index (χ1) is 24.3. The Labute approximate surface area is 283 Å². The zero-order valence-corrected chi connectivity index (χ0v) is 26.6. The van der Waals surface area contributed by atoms with Gasteiger partial charge in [-0.2, -0.15) is 0 Å². The summed E-state index contributed by atoms with van der Waals surface area (Å²) in [4.78, 5) is 5.01. The fraction of sp³-hybridized carbons (Fsp3) is 0. The topological polar surface area (TPSA) is 26.0 Å². The maximum Gasteiger partial charge on any atom is 0.136 e. The lowest BCUT2D eigenvalue weighted by atomic mass is 9.86. The summed E-state index contributed by atoms with van der Waals surface area (Å²) >= 11 is 0. The minimum absolute atomic E-state index is 0.909. The minimum Gasteiger partial charge on any atom is -0.456 e. The van der Waals surface area contributed by atoms with Crippen molar-refractivity contribution in [2.45, 2.75) is 0 Å². The van der Waals surface area contributed by atoms with Crippen LogP contribution < -0.4 is 0 Å². The zero-order chi connectivity index (χ0) is 32.3. The second-order valence-electron chi connectivity index (χ2n) is 12.7. The molecule has 2 nitrogen and oxygen atoms in total. The lowest BCUT2D eigenvalue weighted by molar-refractivity contribution is 0.669. The Hall–Kier alpha value is -6.51. The molecule has 2 aromatic heterocycles. The monoisotopic (exact) mass is 623 g/mol. The van der Waals surface area contributed by atoms with Crippen molar-refractivity contribution < 1.29 is 4.42 Å². The molecule has 0 bridgehead atoms. The average Bonchev–Trinajstić information content (AvgIpc) is 3.56. The fourth-order valence-electron chi connectivity index (χ4n) is 7.63. The van der Waals surface area contributed by atoms with E-state index in [1.807, 2.05) is 6.20 Å². The van der Waals surface area contributed by atoms with Gasteiger partial charge in [-0.3, -0.25) is 4.98 Å². The van der Waals surface area contributed by atoms with E-state index in [0.717, 1.165) is 44.5 Å². The van der Waals surface area contributed by atoms with Crippen LogP contribution in [-0.4, -0.2) is 4.98 Å². The van der Waals surface area contributed by atoms with Crippen molar-refractivity contribution in [3.63, 3.8) is 0 Å².